The fourth-order valence-corrected chi connectivity index (χ4v) is 2.85. The van der Waals surface area contributed by atoms with Crippen molar-refractivity contribution in [2.75, 3.05) is 6.79 Å². The van der Waals surface area contributed by atoms with Crippen LogP contribution in [0.25, 0.3) is 0 Å². The van der Waals surface area contributed by atoms with Gasteiger partial charge in [0, 0.05) is 18.2 Å². The van der Waals surface area contributed by atoms with Gasteiger partial charge < -0.3 is 25.0 Å². The Morgan fingerprint density at radius 3 is 2.23 bits per heavy atom. The molecule has 2 aliphatic rings. The number of carboxylic acids is 2. The minimum absolute atomic E-state index is 0.0950. The van der Waals surface area contributed by atoms with Gasteiger partial charge in [0.15, 0.2) is 11.5 Å². The number of benzene rings is 1. The zero-order chi connectivity index (χ0) is 19.1. The third kappa shape index (κ3) is 5.31. The highest BCUT2D eigenvalue weighted by Gasteiger charge is 2.24. The van der Waals surface area contributed by atoms with Crippen LogP contribution in [0.15, 0.2) is 12.1 Å². The topological polar surface area (TPSA) is 148 Å². The molecule has 1 heterocycles. The lowest BCUT2D eigenvalue weighted by Crippen LogP contribution is -2.30. The second-order valence-corrected chi connectivity index (χ2v) is 5.92. The molecule has 142 valence electrons. The van der Waals surface area contributed by atoms with E-state index >= 15 is 0 Å². The average molecular weight is 368 g/mol. The van der Waals surface area contributed by atoms with Gasteiger partial charge in [-0.2, -0.15) is 0 Å². The number of hydrogen-bond donors (Lipinski definition) is 3. The van der Waals surface area contributed by atoms with Gasteiger partial charge in [0.05, 0.1) is 11.0 Å². The SMILES string of the molecule is O=C(O)C(=O)O.O=[N+]([O-])c1cc2c(cc1CNC1CCCCC1)OCO2. The highest BCUT2D eigenvalue weighted by molar-refractivity contribution is 6.27. The molecular formula is C16H20N2O8. The van der Waals surface area contributed by atoms with Gasteiger partial charge in [0.1, 0.15) is 0 Å². The molecule has 1 aliphatic carbocycles. The van der Waals surface area contributed by atoms with E-state index in [0.29, 0.717) is 29.6 Å². The Kier molecular flexibility index (Phi) is 6.73. The summed E-state index contributed by atoms with van der Waals surface area (Å²) in [6.45, 7) is 0.629. The van der Waals surface area contributed by atoms with Crippen LogP contribution in [0.3, 0.4) is 0 Å². The molecule has 0 radical (unpaired) electrons. The molecule has 0 atom stereocenters. The minimum atomic E-state index is -1.82. The molecule has 1 saturated carbocycles. The van der Waals surface area contributed by atoms with E-state index in [9.17, 15) is 10.1 Å². The molecule has 1 fully saturated rings. The molecule has 0 amide bonds. The van der Waals surface area contributed by atoms with Crippen LogP contribution in [0.2, 0.25) is 0 Å². The zero-order valence-corrected chi connectivity index (χ0v) is 14.0. The number of fused-ring (bicyclic) bond motifs is 1. The first-order valence-electron chi connectivity index (χ1n) is 8.15. The van der Waals surface area contributed by atoms with Crippen LogP contribution in [0.1, 0.15) is 37.7 Å². The van der Waals surface area contributed by atoms with E-state index in [1.54, 1.807) is 6.07 Å². The number of nitrogens with one attached hydrogen (secondary N) is 1. The monoisotopic (exact) mass is 368 g/mol. The van der Waals surface area contributed by atoms with Crippen molar-refractivity contribution in [2.45, 2.75) is 44.7 Å². The Hall–Kier alpha value is -2.88. The Morgan fingerprint density at radius 1 is 1.12 bits per heavy atom. The van der Waals surface area contributed by atoms with Gasteiger partial charge in [0.2, 0.25) is 6.79 Å². The number of aliphatic carboxylic acids is 2. The third-order valence-corrected chi connectivity index (χ3v) is 4.14. The van der Waals surface area contributed by atoms with E-state index in [1.807, 2.05) is 0 Å². The molecule has 10 heteroatoms. The molecule has 0 unspecified atom stereocenters. The largest absolute Gasteiger partial charge is 0.473 e. The number of nitro benzene ring substituents is 1. The van der Waals surface area contributed by atoms with Gasteiger partial charge in [-0.25, -0.2) is 9.59 Å². The Morgan fingerprint density at radius 2 is 1.69 bits per heavy atom. The second-order valence-electron chi connectivity index (χ2n) is 5.92. The summed E-state index contributed by atoms with van der Waals surface area (Å²) in [5.74, 6) is -2.60. The van der Waals surface area contributed by atoms with Crippen LogP contribution in [0.4, 0.5) is 5.69 Å². The van der Waals surface area contributed by atoms with E-state index in [0.717, 1.165) is 12.8 Å². The van der Waals surface area contributed by atoms with Gasteiger partial charge >= 0.3 is 11.9 Å². The second kappa shape index (κ2) is 8.99. The maximum absolute atomic E-state index is 11.2. The van der Waals surface area contributed by atoms with Crippen LogP contribution in [-0.2, 0) is 16.1 Å². The van der Waals surface area contributed by atoms with Crippen molar-refractivity contribution in [3.8, 4) is 11.5 Å². The van der Waals surface area contributed by atoms with Crippen molar-refractivity contribution in [3.63, 3.8) is 0 Å². The summed E-state index contributed by atoms with van der Waals surface area (Å²) >= 11 is 0. The Labute approximate surface area is 148 Å². The molecule has 3 N–H and O–H groups in total. The summed E-state index contributed by atoms with van der Waals surface area (Å²) in [7, 11) is 0. The molecule has 1 aromatic rings. The lowest BCUT2D eigenvalue weighted by atomic mass is 9.95. The molecule has 0 saturated heterocycles. The predicted molar refractivity (Wildman–Crippen MR) is 88.2 cm³/mol. The number of carbonyl (C=O) groups is 2. The summed E-state index contributed by atoms with van der Waals surface area (Å²) in [5.41, 5.74) is 0.752. The molecule has 10 nitrogen and oxygen atoms in total. The van der Waals surface area contributed by atoms with Crippen molar-refractivity contribution >= 4 is 17.6 Å². The van der Waals surface area contributed by atoms with Crippen molar-refractivity contribution in [3.05, 3.63) is 27.8 Å². The van der Waals surface area contributed by atoms with Crippen LogP contribution in [0.5, 0.6) is 11.5 Å². The number of hydrogen-bond acceptors (Lipinski definition) is 7. The first-order valence-corrected chi connectivity index (χ1v) is 8.15. The van der Waals surface area contributed by atoms with Gasteiger partial charge in [-0.1, -0.05) is 19.3 Å². The fourth-order valence-electron chi connectivity index (χ4n) is 2.85. The van der Waals surface area contributed by atoms with Crippen LogP contribution < -0.4 is 14.8 Å². The predicted octanol–water partition coefficient (Wildman–Crippen LogP) is 1.90. The van der Waals surface area contributed by atoms with Gasteiger partial charge in [0.25, 0.3) is 5.69 Å². The van der Waals surface area contributed by atoms with Gasteiger partial charge in [-0.05, 0) is 18.9 Å². The van der Waals surface area contributed by atoms with E-state index in [1.165, 1.54) is 25.3 Å². The molecule has 1 aliphatic heterocycles. The lowest BCUT2D eigenvalue weighted by Gasteiger charge is -2.22. The van der Waals surface area contributed by atoms with Crippen molar-refractivity contribution in [1.82, 2.24) is 5.32 Å². The summed E-state index contributed by atoms with van der Waals surface area (Å²) in [6, 6.07) is 3.64. The molecule has 0 spiro atoms. The number of carboxylic acid groups (broad SMARTS) is 2. The summed E-state index contributed by atoms with van der Waals surface area (Å²) in [5, 5.41) is 29.4. The van der Waals surface area contributed by atoms with Gasteiger partial charge in [-0.15, -0.1) is 0 Å². The van der Waals surface area contributed by atoms with Gasteiger partial charge in [-0.3, -0.25) is 10.1 Å². The number of nitrogens with zero attached hydrogens (tertiary/aromatic N) is 1. The van der Waals surface area contributed by atoms with Crippen molar-refractivity contribution in [2.24, 2.45) is 0 Å². The van der Waals surface area contributed by atoms with Crippen molar-refractivity contribution in [1.29, 1.82) is 0 Å². The average Bonchev–Trinajstić information content (AvgIpc) is 3.07. The first kappa shape index (κ1) is 19.4. The lowest BCUT2D eigenvalue weighted by molar-refractivity contribution is -0.385. The van der Waals surface area contributed by atoms with Crippen molar-refractivity contribution < 1.29 is 34.2 Å². The normalized spacial score (nSPS) is 15.7. The number of nitro groups is 1. The Bertz CT molecular complexity index is 673. The van der Waals surface area contributed by atoms with Crippen LogP contribution in [0, 0.1) is 10.1 Å². The number of ether oxygens (including phenoxy) is 2. The quantitative estimate of drug-likeness (QED) is 0.411. The van der Waals surface area contributed by atoms with E-state index in [2.05, 4.69) is 5.32 Å². The highest BCUT2D eigenvalue weighted by Crippen LogP contribution is 2.38. The minimum Gasteiger partial charge on any atom is -0.473 e. The molecule has 0 bridgehead atoms. The Balaban J connectivity index is 0.000000352. The third-order valence-electron chi connectivity index (χ3n) is 4.14. The molecule has 1 aromatic carbocycles. The summed E-state index contributed by atoms with van der Waals surface area (Å²) < 4.78 is 10.5. The molecule has 3 rings (SSSR count). The maximum atomic E-state index is 11.2. The maximum Gasteiger partial charge on any atom is 0.414 e. The number of rotatable bonds is 4. The first-order chi connectivity index (χ1) is 12.4. The standard InChI is InChI=1S/C14H18N2O4.C2H2O4/c17-16(18)12-7-14-13(19-9-20-14)6-10(12)8-15-11-4-2-1-3-5-11;3-1(4)2(5)6/h6-7,11,15H,1-5,8-9H2;(H,3,4)(H,5,6). The highest BCUT2D eigenvalue weighted by atomic mass is 16.7. The summed E-state index contributed by atoms with van der Waals surface area (Å²) in [6.07, 6.45) is 6.07. The van der Waals surface area contributed by atoms with Crippen LogP contribution >= 0.6 is 0 Å². The fraction of sp³-hybridized carbons (Fsp3) is 0.500. The summed E-state index contributed by atoms with van der Waals surface area (Å²) in [4.78, 5) is 29.0. The van der Waals surface area contributed by atoms with E-state index < -0.39 is 11.9 Å². The molecular weight excluding hydrogens is 348 g/mol. The van der Waals surface area contributed by atoms with Crippen LogP contribution in [-0.4, -0.2) is 39.9 Å². The van der Waals surface area contributed by atoms with E-state index in [4.69, 9.17) is 29.3 Å². The zero-order valence-electron chi connectivity index (χ0n) is 14.0. The molecule has 0 aromatic heterocycles. The molecule has 26 heavy (non-hydrogen) atoms. The smallest absolute Gasteiger partial charge is 0.414 e. The van der Waals surface area contributed by atoms with E-state index in [-0.39, 0.29) is 17.4 Å².